The predicted octanol–water partition coefficient (Wildman–Crippen LogP) is 1.96. The predicted molar refractivity (Wildman–Crippen MR) is 62.0 cm³/mol. The first-order valence-electron chi connectivity index (χ1n) is 5.43. The molecule has 0 saturated carbocycles. The summed E-state index contributed by atoms with van der Waals surface area (Å²) in [5, 5.41) is 0. The molecule has 1 atom stereocenters. The fourth-order valence-corrected chi connectivity index (χ4v) is 1.85. The van der Waals surface area contributed by atoms with Gasteiger partial charge in [-0.2, -0.15) is 0 Å². The van der Waals surface area contributed by atoms with Crippen LogP contribution in [0.1, 0.15) is 31.3 Å². The number of imidazole rings is 1. The van der Waals surface area contributed by atoms with Gasteiger partial charge in [-0.25, -0.2) is 4.98 Å². The molecule has 2 heterocycles. The molecule has 3 nitrogen and oxygen atoms in total. The van der Waals surface area contributed by atoms with E-state index in [9.17, 15) is 0 Å². The highest BCUT2D eigenvalue weighted by Gasteiger charge is 2.13. The zero-order valence-corrected chi connectivity index (χ0v) is 9.27. The summed E-state index contributed by atoms with van der Waals surface area (Å²) in [7, 11) is 0. The van der Waals surface area contributed by atoms with Crippen LogP contribution >= 0.6 is 0 Å². The third kappa shape index (κ3) is 1.63. The van der Waals surface area contributed by atoms with Crippen LogP contribution in [-0.2, 0) is 6.42 Å². The van der Waals surface area contributed by atoms with E-state index in [2.05, 4.69) is 35.5 Å². The minimum absolute atomic E-state index is 0.322. The van der Waals surface area contributed by atoms with E-state index in [0.717, 1.165) is 17.9 Å². The molecule has 2 aromatic rings. The number of aryl methyl sites for hydroxylation is 1. The molecule has 0 aliphatic carbocycles. The summed E-state index contributed by atoms with van der Waals surface area (Å²) in [4.78, 5) is 4.66. The van der Waals surface area contributed by atoms with Crippen molar-refractivity contribution < 1.29 is 0 Å². The number of hydrogen-bond acceptors (Lipinski definition) is 2. The lowest BCUT2D eigenvalue weighted by Crippen LogP contribution is -2.09. The number of nitrogens with zero attached hydrogens (tertiary/aromatic N) is 2. The number of rotatable bonds is 3. The number of nitrogens with two attached hydrogens (primary N) is 1. The van der Waals surface area contributed by atoms with Gasteiger partial charge in [0.2, 0.25) is 0 Å². The molecule has 0 aromatic carbocycles. The molecule has 0 aliphatic rings. The molecule has 0 aliphatic heterocycles. The molecule has 0 radical (unpaired) electrons. The Labute approximate surface area is 89.9 Å². The van der Waals surface area contributed by atoms with E-state index in [1.54, 1.807) is 0 Å². The van der Waals surface area contributed by atoms with E-state index < -0.39 is 0 Å². The second-order valence-electron chi connectivity index (χ2n) is 3.86. The van der Waals surface area contributed by atoms with Gasteiger partial charge in [0, 0.05) is 25.1 Å². The molecular weight excluding hydrogens is 186 g/mol. The molecule has 0 amide bonds. The summed E-state index contributed by atoms with van der Waals surface area (Å²) < 4.78 is 2.15. The van der Waals surface area contributed by atoms with Gasteiger partial charge in [0.15, 0.2) is 0 Å². The largest absolute Gasteiger partial charge is 0.330 e. The summed E-state index contributed by atoms with van der Waals surface area (Å²) in [6.07, 6.45) is 3.01. The van der Waals surface area contributed by atoms with Crippen molar-refractivity contribution in [3.05, 3.63) is 35.9 Å². The maximum atomic E-state index is 5.70. The second-order valence-corrected chi connectivity index (χ2v) is 3.86. The van der Waals surface area contributed by atoms with Crippen LogP contribution < -0.4 is 5.73 Å². The molecule has 3 heteroatoms. The third-order valence-electron chi connectivity index (χ3n) is 2.79. The number of hydrogen-bond donors (Lipinski definition) is 1. The summed E-state index contributed by atoms with van der Waals surface area (Å²) in [6, 6.07) is 6.18. The Bertz CT molecular complexity index is 459. The zero-order valence-electron chi connectivity index (χ0n) is 9.27. The summed E-state index contributed by atoms with van der Waals surface area (Å²) in [5.41, 5.74) is 8.00. The Balaban J connectivity index is 2.65. The molecule has 15 heavy (non-hydrogen) atoms. The van der Waals surface area contributed by atoms with E-state index in [1.165, 1.54) is 5.52 Å². The fraction of sp³-hybridized carbons (Fsp3) is 0.417. The van der Waals surface area contributed by atoms with Crippen LogP contribution in [0.5, 0.6) is 0 Å². The average molecular weight is 203 g/mol. The Morgan fingerprint density at radius 1 is 1.47 bits per heavy atom. The monoisotopic (exact) mass is 203 g/mol. The van der Waals surface area contributed by atoms with Crippen LogP contribution in [0.4, 0.5) is 0 Å². The van der Waals surface area contributed by atoms with Crippen LogP contribution in [0, 0.1) is 0 Å². The molecule has 1 unspecified atom stereocenters. The van der Waals surface area contributed by atoms with Crippen molar-refractivity contribution in [2.45, 2.75) is 26.2 Å². The Hall–Kier alpha value is -1.35. The van der Waals surface area contributed by atoms with Gasteiger partial charge in [0.25, 0.3) is 0 Å². The van der Waals surface area contributed by atoms with Gasteiger partial charge in [-0.05, 0) is 12.1 Å². The Morgan fingerprint density at radius 3 is 2.93 bits per heavy atom. The average Bonchev–Trinajstić information content (AvgIpc) is 2.67. The van der Waals surface area contributed by atoms with Crippen molar-refractivity contribution in [3.8, 4) is 0 Å². The SMILES string of the molecule is CCc1nc(C(C)CN)c2ccccn12. The number of fused-ring (bicyclic) bond motifs is 1. The minimum atomic E-state index is 0.322. The Morgan fingerprint density at radius 2 is 2.27 bits per heavy atom. The van der Waals surface area contributed by atoms with E-state index in [4.69, 9.17) is 5.73 Å². The first kappa shape index (κ1) is 10.2. The molecule has 80 valence electrons. The Kier molecular flexibility index (Phi) is 2.73. The summed E-state index contributed by atoms with van der Waals surface area (Å²) >= 11 is 0. The quantitative estimate of drug-likeness (QED) is 0.828. The van der Waals surface area contributed by atoms with Crippen LogP contribution in [0.2, 0.25) is 0 Å². The lowest BCUT2D eigenvalue weighted by Gasteiger charge is -2.04. The van der Waals surface area contributed by atoms with Gasteiger partial charge in [-0.15, -0.1) is 0 Å². The van der Waals surface area contributed by atoms with Gasteiger partial charge in [-0.1, -0.05) is 19.9 Å². The van der Waals surface area contributed by atoms with Gasteiger partial charge < -0.3 is 10.1 Å². The van der Waals surface area contributed by atoms with E-state index in [-0.39, 0.29) is 0 Å². The fourth-order valence-electron chi connectivity index (χ4n) is 1.85. The van der Waals surface area contributed by atoms with Crippen LogP contribution in [-0.4, -0.2) is 15.9 Å². The van der Waals surface area contributed by atoms with E-state index in [0.29, 0.717) is 12.5 Å². The molecular formula is C12H17N3. The molecule has 0 spiro atoms. The first-order chi connectivity index (χ1) is 7.27. The molecule has 0 fully saturated rings. The number of pyridine rings is 1. The van der Waals surface area contributed by atoms with Crippen molar-refractivity contribution in [2.75, 3.05) is 6.54 Å². The number of aromatic nitrogens is 2. The molecule has 0 saturated heterocycles. The molecule has 2 aromatic heterocycles. The zero-order chi connectivity index (χ0) is 10.8. The van der Waals surface area contributed by atoms with E-state index >= 15 is 0 Å². The van der Waals surface area contributed by atoms with Gasteiger partial charge in [0.05, 0.1) is 11.2 Å². The molecule has 2 N–H and O–H groups in total. The second kappa shape index (κ2) is 4.03. The van der Waals surface area contributed by atoms with Crippen LogP contribution in [0.25, 0.3) is 5.52 Å². The van der Waals surface area contributed by atoms with Gasteiger partial charge in [-0.3, -0.25) is 0 Å². The van der Waals surface area contributed by atoms with Gasteiger partial charge >= 0.3 is 0 Å². The van der Waals surface area contributed by atoms with Crippen LogP contribution in [0.15, 0.2) is 24.4 Å². The summed E-state index contributed by atoms with van der Waals surface area (Å²) in [5.74, 6) is 1.43. The molecule has 2 rings (SSSR count). The third-order valence-corrected chi connectivity index (χ3v) is 2.79. The maximum absolute atomic E-state index is 5.70. The first-order valence-corrected chi connectivity index (χ1v) is 5.43. The van der Waals surface area contributed by atoms with Crippen molar-refractivity contribution in [1.82, 2.24) is 9.38 Å². The highest BCUT2D eigenvalue weighted by Crippen LogP contribution is 2.20. The lowest BCUT2D eigenvalue weighted by molar-refractivity contribution is 0.752. The standard InChI is InChI=1S/C12H17N3/c1-3-11-14-12(9(2)8-13)10-6-4-5-7-15(10)11/h4-7,9H,3,8,13H2,1-2H3. The summed E-state index contributed by atoms with van der Waals surface area (Å²) in [6.45, 7) is 4.89. The van der Waals surface area contributed by atoms with Crippen molar-refractivity contribution in [1.29, 1.82) is 0 Å². The highest BCUT2D eigenvalue weighted by molar-refractivity contribution is 5.54. The lowest BCUT2D eigenvalue weighted by atomic mass is 10.1. The topological polar surface area (TPSA) is 43.3 Å². The van der Waals surface area contributed by atoms with Crippen molar-refractivity contribution in [3.63, 3.8) is 0 Å². The van der Waals surface area contributed by atoms with Crippen LogP contribution in [0.3, 0.4) is 0 Å². The maximum Gasteiger partial charge on any atom is 0.113 e. The van der Waals surface area contributed by atoms with E-state index in [1.807, 2.05) is 12.1 Å². The highest BCUT2D eigenvalue weighted by atomic mass is 15.0. The smallest absolute Gasteiger partial charge is 0.113 e. The normalized spacial score (nSPS) is 13.3. The minimum Gasteiger partial charge on any atom is -0.330 e. The molecule has 0 bridgehead atoms. The van der Waals surface area contributed by atoms with Gasteiger partial charge in [0.1, 0.15) is 5.82 Å². The van der Waals surface area contributed by atoms with Crippen molar-refractivity contribution in [2.24, 2.45) is 5.73 Å². The van der Waals surface area contributed by atoms with Crippen molar-refractivity contribution >= 4 is 5.52 Å².